The lowest BCUT2D eigenvalue weighted by Gasteiger charge is -2.07. The SMILES string of the molecule is Cn1cc(-c2noc(CNC(=O)CC3CCCC3)n2)cn1. The van der Waals surface area contributed by atoms with Crippen molar-refractivity contribution in [2.75, 3.05) is 0 Å². The second kappa shape index (κ2) is 6.07. The quantitative estimate of drug-likeness (QED) is 0.904. The fraction of sp³-hybridized carbons (Fsp3) is 0.571. The predicted octanol–water partition coefficient (Wildman–Crippen LogP) is 1.67. The van der Waals surface area contributed by atoms with Gasteiger partial charge in [-0.15, -0.1) is 0 Å². The average molecular weight is 289 g/mol. The maximum absolute atomic E-state index is 11.8. The molecular weight excluding hydrogens is 270 g/mol. The number of hydrogen-bond donors (Lipinski definition) is 1. The molecular formula is C14H19N5O2. The van der Waals surface area contributed by atoms with Gasteiger partial charge in [0.05, 0.1) is 18.3 Å². The molecule has 1 aliphatic rings. The van der Waals surface area contributed by atoms with E-state index in [1.807, 2.05) is 13.2 Å². The molecule has 7 nitrogen and oxygen atoms in total. The molecule has 1 aliphatic carbocycles. The minimum Gasteiger partial charge on any atom is -0.347 e. The number of nitrogens with one attached hydrogen (secondary N) is 1. The van der Waals surface area contributed by atoms with Crippen LogP contribution in [0.5, 0.6) is 0 Å². The van der Waals surface area contributed by atoms with Crippen LogP contribution in [0.15, 0.2) is 16.9 Å². The van der Waals surface area contributed by atoms with E-state index in [0.717, 1.165) is 5.56 Å². The predicted molar refractivity (Wildman–Crippen MR) is 74.9 cm³/mol. The molecule has 21 heavy (non-hydrogen) atoms. The molecule has 0 unspecified atom stereocenters. The highest BCUT2D eigenvalue weighted by molar-refractivity contribution is 5.76. The number of aryl methyl sites for hydroxylation is 1. The second-order valence-corrected chi connectivity index (χ2v) is 5.55. The molecule has 0 radical (unpaired) electrons. The first kappa shape index (κ1) is 13.8. The summed E-state index contributed by atoms with van der Waals surface area (Å²) in [5.41, 5.74) is 0.796. The van der Waals surface area contributed by atoms with Crippen molar-refractivity contribution in [3.63, 3.8) is 0 Å². The zero-order valence-corrected chi connectivity index (χ0v) is 12.1. The molecule has 1 saturated carbocycles. The molecule has 0 spiro atoms. The van der Waals surface area contributed by atoms with Crippen LogP contribution in [0, 0.1) is 5.92 Å². The molecule has 0 bridgehead atoms. The maximum Gasteiger partial charge on any atom is 0.246 e. The fourth-order valence-electron chi connectivity index (χ4n) is 2.70. The molecule has 0 aliphatic heterocycles. The smallest absolute Gasteiger partial charge is 0.246 e. The Bertz CT molecular complexity index is 612. The Hall–Kier alpha value is -2.18. The summed E-state index contributed by atoms with van der Waals surface area (Å²) >= 11 is 0. The van der Waals surface area contributed by atoms with E-state index in [0.29, 0.717) is 24.1 Å². The molecule has 2 aromatic rings. The Kier molecular flexibility index (Phi) is 3.98. The third-order valence-corrected chi connectivity index (χ3v) is 3.82. The van der Waals surface area contributed by atoms with E-state index in [1.165, 1.54) is 25.7 Å². The van der Waals surface area contributed by atoms with Crippen molar-refractivity contribution >= 4 is 5.91 Å². The second-order valence-electron chi connectivity index (χ2n) is 5.55. The zero-order valence-electron chi connectivity index (χ0n) is 12.1. The van der Waals surface area contributed by atoms with Gasteiger partial charge in [0.25, 0.3) is 0 Å². The van der Waals surface area contributed by atoms with Gasteiger partial charge in [0, 0.05) is 19.7 Å². The van der Waals surface area contributed by atoms with E-state index < -0.39 is 0 Å². The molecule has 1 amide bonds. The van der Waals surface area contributed by atoms with Crippen LogP contribution in [0.3, 0.4) is 0 Å². The first-order valence-electron chi connectivity index (χ1n) is 7.29. The van der Waals surface area contributed by atoms with Crippen LogP contribution in [-0.4, -0.2) is 25.8 Å². The highest BCUT2D eigenvalue weighted by Gasteiger charge is 2.18. The Labute approximate surface area is 122 Å². The number of nitrogens with zero attached hydrogens (tertiary/aromatic N) is 4. The highest BCUT2D eigenvalue weighted by atomic mass is 16.5. The van der Waals surface area contributed by atoms with Gasteiger partial charge in [-0.2, -0.15) is 10.1 Å². The first-order valence-corrected chi connectivity index (χ1v) is 7.29. The summed E-state index contributed by atoms with van der Waals surface area (Å²) in [4.78, 5) is 16.1. The summed E-state index contributed by atoms with van der Waals surface area (Å²) in [5, 5.41) is 10.8. The minimum absolute atomic E-state index is 0.0584. The van der Waals surface area contributed by atoms with Crippen molar-refractivity contribution < 1.29 is 9.32 Å². The Morgan fingerprint density at radius 1 is 1.48 bits per heavy atom. The molecule has 2 heterocycles. The minimum atomic E-state index is 0.0584. The molecule has 112 valence electrons. The van der Waals surface area contributed by atoms with Crippen molar-refractivity contribution in [3.05, 3.63) is 18.3 Å². The van der Waals surface area contributed by atoms with Crippen LogP contribution >= 0.6 is 0 Å². The molecule has 0 saturated heterocycles. The molecule has 1 fully saturated rings. The van der Waals surface area contributed by atoms with Gasteiger partial charge in [-0.25, -0.2) is 0 Å². The molecule has 2 aromatic heterocycles. The van der Waals surface area contributed by atoms with Gasteiger partial charge in [0.1, 0.15) is 0 Å². The van der Waals surface area contributed by atoms with Crippen molar-refractivity contribution in [1.29, 1.82) is 0 Å². The van der Waals surface area contributed by atoms with Gasteiger partial charge in [-0.1, -0.05) is 18.0 Å². The Morgan fingerprint density at radius 2 is 2.29 bits per heavy atom. The topological polar surface area (TPSA) is 85.8 Å². The van der Waals surface area contributed by atoms with Crippen molar-refractivity contribution in [1.82, 2.24) is 25.2 Å². The van der Waals surface area contributed by atoms with Crippen molar-refractivity contribution in [3.8, 4) is 11.4 Å². The summed E-state index contributed by atoms with van der Waals surface area (Å²) in [7, 11) is 1.83. The van der Waals surface area contributed by atoms with E-state index in [-0.39, 0.29) is 12.5 Å². The third kappa shape index (κ3) is 3.48. The van der Waals surface area contributed by atoms with Crippen LogP contribution in [0.25, 0.3) is 11.4 Å². The summed E-state index contributed by atoms with van der Waals surface area (Å²) in [6, 6.07) is 0. The lowest BCUT2D eigenvalue weighted by Crippen LogP contribution is -2.24. The molecule has 3 rings (SSSR count). The standard InChI is InChI=1S/C14H19N5O2/c1-19-9-11(7-16-19)14-17-13(21-18-14)8-15-12(20)6-10-4-2-3-5-10/h7,9-10H,2-6,8H2,1H3,(H,15,20). The molecule has 0 atom stereocenters. The number of carbonyl (C=O) groups excluding carboxylic acids is 1. The van der Waals surface area contributed by atoms with Crippen LogP contribution in [0.4, 0.5) is 0 Å². The van der Waals surface area contributed by atoms with Gasteiger partial charge < -0.3 is 9.84 Å². The first-order chi connectivity index (χ1) is 10.2. The van der Waals surface area contributed by atoms with Crippen molar-refractivity contribution in [2.45, 2.75) is 38.6 Å². The third-order valence-electron chi connectivity index (χ3n) is 3.82. The lowest BCUT2D eigenvalue weighted by molar-refractivity contribution is -0.122. The molecule has 1 N–H and O–H groups in total. The van der Waals surface area contributed by atoms with Crippen LogP contribution in [-0.2, 0) is 18.4 Å². The Balaban J connectivity index is 1.51. The lowest BCUT2D eigenvalue weighted by atomic mass is 10.0. The monoisotopic (exact) mass is 289 g/mol. The van der Waals surface area contributed by atoms with Gasteiger partial charge >= 0.3 is 0 Å². The molecule has 0 aromatic carbocycles. The van der Waals surface area contributed by atoms with E-state index in [9.17, 15) is 4.79 Å². The summed E-state index contributed by atoms with van der Waals surface area (Å²) < 4.78 is 6.81. The number of carbonyl (C=O) groups is 1. The number of hydrogen-bond acceptors (Lipinski definition) is 5. The van der Waals surface area contributed by atoms with E-state index >= 15 is 0 Å². The van der Waals surface area contributed by atoms with Gasteiger partial charge in [-0.05, 0) is 18.8 Å². The average Bonchev–Trinajstić information content (AvgIpc) is 3.17. The largest absolute Gasteiger partial charge is 0.347 e. The summed E-state index contributed by atoms with van der Waals surface area (Å²) in [5.74, 6) is 1.50. The fourth-order valence-corrected chi connectivity index (χ4v) is 2.70. The summed E-state index contributed by atoms with van der Waals surface area (Å²) in [6.07, 6.45) is 8.91. The van der Waals surface area contributed by atoms with E-state index in [4.69, 9.17) is 4.52 Å². The van der Waals surface area contributed by atoms with Crippen LogP contribution < -0.4 is 5.32 Å². The van der Waals surface area contributed by atoms with Crippen molar-refractivity contribution in [2.24, 2.45) is 13.0 Å². The number of amides is 1. The highest BCUT2D eigenvalue weighted by Crippen LogP contribution is 2.27. The number of aromatic nitrogens is 4. The number of rotatable bonds is 5. The van der Waals surface area contributed by atoms with Crippen LogP contribution in [0.2, 0.25) is 0 Å². The van der Waals surface area contributed by atoms with E-state index in [2.05, 4.69) is 20.6 Å². The summed E-state index contributed by atoms with van der Waals surface area (Å²) in [6.45, 7) is 0.277. The zero-order chi connectivity index (χ0) is 14.7. The van der Waals surface area contributed by atoms with E-state index in [1.54, 1.807) is 10.9 Å². The normalized spacial score (nSPS) is 15.5. The molecule has 7 heteroatoms. The van der Waals surface area contributed by atoms with Crippen LogP contribution in [0.1, 0.15) is 38.0 Å². The van der Waals surface area contributed by atoms with Gasteiger partial charge in [-0.3, -0.25) is 9.48 Å². The maximum atomic E-state index is 11.8. The Morgan fingerprint density at radius 3 is 3.00 bits per heavy atom. The van der Waals surface area contributed by atoms with Gasteiger partial charge in [0.2, 0.25) is 17.6 Å². The van der Waals surface area contributed by atoms with Gasteiger partial charge in [0.15, 0.2) is 0 Å².